The van der Waals surface area contributed by atoms with E-state index in [1.165, 1.54) is 5.56 Å². The molecule has 1 aliphatic heterocycles. The summed E-state index contributed by atoms with van der Waals surface area (Å²) >= 11 is 13.0. The van der Waals surface area contributed by atoms with Crippen molar-refractivity contribution in [3.05, 3.63) is 99.3 Å². The molecule has 1 unspecified atom stereocenters. The normalized spacial score (nSPS) is 20.2. The quantitative estimate of drug-likeness (QED) is 0.376. The standard InChI is InChI=1S/C29H32Cl2N6/c1-21-8-6-9-22(2)27(21)37-29(32-33-34-37)28(24-18-25(30)20-26(31)19-24)36-16-14-35(15-17-36)13-7-12-23-10-4-3-5-11-23/h3-12,18,20,24,28H,13-17,19H2,1-2H3/b12-7+/t24?,28-/m0/s1. The molecule has 0 amide bonds. The topological polar surface area (TPSA) is 50.1 Å². The molecule has 2 aliphatic rings. The third-order valence-corrected chi connectivity index (χ3v) is 7.69. The molecule has 0 N–H and O–H groups in total. The van der Waals surface area contributed by atoms with Crippen LogP contribution in [0, 0.1) is 19.8 Å². The van der Waals surface area contributed by atoms with Gasteiger partial charge in [0.2, 0.25) is 0 Å². The molecule has 1 aliphatic carbocycles. The lowest BCUT2D eigenvalue weighted by atomic mass is 9.90. The van der Waals surface area contributed by atoms with Gasteiger partial charge in [0.1, 0.15) is 0 Å². The van der Waals surface area contributed by atoms with Crippen LogP contribution in [-0.4, -0.2) is 62.7 Å². The molecule has 8 heteroatoms. The Kier molecular flexibility index (Phi) is 8.20. The van der Waals surface area contributed by atoms with Gasteiger partial charge in [0.25, 0.3) is 0 Å². The van der Waals surface area contributed by atoms with Gasteiger partial charge in [-0.2, -0.15) is 4.68 Å². The van der Waals surface area contributed by atoms with E-state index in [2.05, 4.69) is 99.9 Å². The Morgan fingerprint density at radius 1 is 0.973 bits per heavy atom. The number of allylic oxidation sites excluding steroid dienone is 3. The van der Waals surface area contributed by atoms with Crippen LogP contribution in [0.2, 0.25) is 0 Å². The number of rotatable bonds is 7. The number of tetrazole rings is 1. The van der Waals surface area contributed by atoms with Gasteiger partial charge in [-0.25, -0.2) is 0 Å². The summed E-state index contributed by atoms with van der Waals surface area (Å²) in [6.45, 7) is 8.88. The summed E-state index contributed by atoms with van der Waals surface area (Å²) in [6.07, 6.45) is 9.09. The van der Waals surface area contributed by atoms with Gasteiger partial charge in [-0.3, -0.25) is 9.80 Å². The molecule has 0 spiro atoms. The zero-order chi connectivity index (χ0) is 25.8. The van der Waals surface area contributed by atoms with E-state index in [0.29, 0.717) is 11.5 Å². The number of aryl methyl sites for hydroxylation is 2. The maximum atomic E-state index is 6.53. The number of nitrogens with zero attached hydrogens (tertiary/aromatic N) is 6. The van der Waals surface area contributed by atoms with Gasteiger partial charge in [0, 0.05) is 48.7 Å². The van der Waals surface area contributed by atoms with E-state index in [-0.39, 0.29) is 12.0 Å². The Balaban J connectivity index is 1.38. The van der Waals surface area contributed by atoms with Crippen molar-refractivity contribution < 1.29 is 0 Å². The lowest BCUT2D eigenvalue weighted by molar-refractivity contribution is 0.0783. The highest BCUT2D eigenvalue weighted by molar-refractivity contribution is 6.34. The number of para-hydroxylation sites is 1. The average molecular weight is 536 g/mol. The van der Waals surface area contributed by atoms with Crippen LogP contribution in [0.3, 0.4) is 0 Å². The summed E-state index contributed by atoms with van der Waals surface area (Å²) in [5.74, 6) is 0.899. The van der Waals surface area contributed by atoms with Crippen LogP contribution in [-0.2, 0) is 0 Å². The van der Waals surface area contributed by atoms with E-state index in [9.17, 15) is 0 Å². The Labute approximate surface area is 228 Å². The van der Waals surface area contributed by atoms with Gasteiger partial charge in [0.05, 0.1) is 11.7 Å². The molecule has 1 fully saturated rings. The van der Waals surface area contributed by atoms with Crippen molar-refractivity contribution in [1.82, 2.24) is 30.0 Å². The SMILES string of the molecule is Cc1cccc(C)c1-n1nnnc1[C@H](C1C=C(Cl)C=C(Cl)C1)N1CCN(C/C=C/c2ccccc2)CC1. The van der Waals surface area contributed by atoms with E-state index in [0.717, 1.165) is 60.4 Å². The van der Waals surface area contributed by atoms with E-state index < -0.39 is 0 Å². The number of benzene rings is 2. The molecule has 0 saturated carbocycles. The zero-order valence-corrected chi connectivity index (χ0v) is 22.8. The van der Waals surface area contributed by atoms with Crippen LogP contribution in [0.5, 0.6) is 0 Å². The fourth-order valence-corrected chi connectivity index (χ4v) is 6.02. The summed E-state index contributed by atoms with van der Waals surface area (Å²) in [6, 6.07) is 16.6. The third-order valence-electron chi connectivity index (χ3n) is 7.19. The first kappa shape index (κ1) is 25.9. The van der Waals surface area contributed by atoms with Crippen molar-refractivity contribution in [2.75, 3.05) is 32.7 Å². The predicted molar refractivity (Wildman–Crippen MR) is 151 cm³/mol. The molecule has 5 rings (SSSR count). The molecule has 1 aromatic heterocycles. The Bertz CT molecular complexity index is 1280. The molecule has 0 radical (unpaired) electrons. The fourth-order valence-electron chi connectivity index (χ4n) is 5.38. The summed E-state index contributed by atoms with van der Waals surface area (Å²) < 4.78 is 1.91. The molecular weight excluding hydrogens is 503 g/mol. The summed E-state index contributed by atoms with van der Waals surface area (Å²) in [5.41, 5.74) is 4.53. The largest absolute Gasteiger partial charge is 0.297 e. The average Bonchev–Trinajstić information content (AvgIpc) is 3.34. The van der Waals surface area contributed by atoms with Crippen LogP contribution in [0.25, 0.3) is 11.8 Å². The second kappa shape index (κ2) is 11.7. The number of piperazine rings is 1. The zero-order valence-electron chi connectivity index (χ0n) is 21.3. The van der Waals surface area contributed by atoms with Gasteiger partial charge < -0.3 is 0 Å². The fraction of sp³-hybridized carbons (Fsp3) is 0.345. The van der Waals surface area contributed by atoms with E-state index in [1.807, 2.05) is 16.8 Å². The van der Waals surface area contributed by atoms with Crippen molar-refractivity contribution in [3.8, 4) is 5.69 Å². The highest BCUT2D eigenvalue weighted by Gasteiger charge is 2.36. The lowest BCUT2D eigenvalue weighted by Gasteiger charge is -2.41. The van der Waals surface area contributed by atoms with Crippen molar-refractivity contribution in [2.24, 2.45) is 5.92 Å². The van der Waals surface area contributed by atoms with Gasteiger partial charge in [-0.05, 0) is 53.5 Å². The minimum Gasteiger partial charge on any atom is -0.297 e. The number of aromatic nitrogens is 4. The first-order chi connectivity index (χ1) is 18.0. The smallest absolute Gasteiger partial charge is 0.174 e. The molecule has 37 heavy (non-hydrogen) atoms. The van der Waals surface area contributed by atoms with E-state index in [1.54, 1.807) is 0 Å². The van der Waals surface area contributed by atoms with Crippen molar-refractivity contribution in [3.63, 3.8) is 0 Å². The van der Waals surface area contributed by atoms with Crippen LogP contribution in [0.15, 0.2) is 76.8 Å². The molecular formula is C29H32Cl2N6. The first-order valence-electron chi connectivity index (χ1n) is 12.8. The van der Waals surface area contributed by atoms with Crippen LogP contribution < -0.4 is 0 Å². The van der Waals surface area contributed by atoms with Gasteiger partial charge in [0.15, 0.2) is 5.82 Å². The molecule has 6 nitrogen and oxygen atoms in total. The van der Waals surface area contributed by atoms with Crippen LogP contribution in [0.1, 0.15) is 35.0 Å². The Morgan fingerprint density at radius 2 is 1.70 bits per heavy atom. The molecule has 2 heterocycles. The minimum atomic E-state index is -0.0489. The highest BCUT2D eigenvalue weighted by Crippen LogP contribution is 2.39. The van der Waals surface area contributed by atoms with E-state index in [4.69, 9.17) is 23.2 Å². The molecule has 0 bridgehead atoms. The maximum Gasteiger partial charge on any atom is 0.174 e. The molecule has 3 aromatic rings. The lowest BCUT2D eigenvalue weighted by Crippen LogP contribution is -2.49. The first-order valence-corrected chi connectivity index (χ1v) is 13.5. The van der Waals surface area contributed by atoms with Gasteiger partial charge >= 0.3 is 0 Å². The second-order valence-corrected chi connectivity index (χ2v) is 10.7. The molecule has 2 atom stereocenters. The van der Waals surface area contributed by atoms with Crippen molar-refractivity contribution >= 4 is 29.3 Å². The molecule has 1 saturated heterocycles. The molecule has 2 aromatic carbocycles. The number of halogens is 2. The summed E-state index contributed by atoms with van der Waals surface area (Å²) in [4.78, 5) is 4.98. The van der Waals surface area contributed by atoms with Crippen LogP contribution in [0.4, 0.5) is 0 Å². The maximum absolute atomic E-state index is 6.53. The Morgan fingerprint density at radius 3 is 2.41 bits per heavy atom. The summed E-state index contributed by atoms with van der Waals surface area (Å²) in [7, 11) is 0. The number of hydrogen-bond donors (Lipinski definition) is 0. The van der Waals surface area contributed by atoms with E-state index >= 15 is 0 Å². The third kappa shape index (κ3) is 6.04. The second-order valence-electron chi connectivity index (χ2n) is 9.79. The van der Waals surface area contributed by atoms with Crippen molar-refractivity contribution in [2.45, 2.75) is 26.3 Å². The summed E-state index contributed by atoms with van der Waals surface area (Å²) in [5, 5.41) is 14.6. The number of hydrogen-bond acceptors (Lipinski definition) is 5. The van der Waals surface area contributed by atoms with Gasteiger partial charge in [-0.1, -0.05) is 90.0 Å². The van der Waals surface area contributed by atoms with Crippen molar-refractivity contribution in [1.29, 1.82) is 0 Å². The monoisotopic (exact) mass is 534 g/mol. The van der Waals surface area contributed by atoms with Crippen LogP contribution >= 0.6 is 23.2 Å². The Hall–Kier alpha value is -2.77. The molecule has 192 valence electrons. The predicted octanol–water partition coefficient (Wildman–Crippen LogP) is 5.92. The highest BCUT2D eigenvalue weighted by atomic mass is 35.5. The van der Waals surface area contributed by atoms with Gasteiger partial charge in [-0.15, -0.1) is 5.10 Å². The minimum absolute atomic E-state index is 0.0489.